The van der Waals surface area contributed by atoms with E-state index in [2.05, 4.69) is 163 Å². The Kier molecular flexibility index (Phi) is 6.85. The molecule has 0 amide bonds. The lowest BCUT2D eigenvalue weighted by atomic mass is 9.92. The Hall–Kier alpha value is -6.78. The highest BCUT2D eigenvalue weighted by Gasteiger charge is 2.23. The van der Waals surface area contributed by atoms with E-state index in [-0.39, 0.29) is 6.17 Å². The van der Waals surface area contributed by atoms with Gasteiger partial charge >= 0.3 is 0 Å². The van der Waals surface area contributed by atoms with Crippen LogP contribution in [0.3, 0.4) is 0 Å². The van der Waals surface area contributed by atoms with Crippen molar-refractivity contribution in [1.82, 2.24) is 5.32 Å². The molecular weight excluding hydrogens is 623 g/mol. The zero-order valence-corrected chi connectivity index (χ0v) is 27.6. The van der Waals surface area contributed by atoms with Crippen LogP contribution in [0.2, 0.25) is 0 Å². The van der Waals surface area contributed by atoms with Crippen molar-refractivity contribution < 1.29 is 4.42 Å². The quantitative estimate of drug-likeness (QED) is 0.201. The number of nitrogens with one attached hydrogen (secondary N) is 1. The van der Waals surface area contributed by atoms with Gasteiger partial charge in [-0.2, -0.15) is 0 Å². The number of fused-ring (bicyclic) bond motifs is 5. The van der Waals surface area contributed by atoms with Crippen molar-refractivity contribution >= 4 is 55.2 Å². The summed E-state index contributed by atoms with van der Waals surface area (Å²) >= 11 is 0. The van der Waals surface area contributed by atoms with Crippen molar-refractivity contribution in [3.8, 4) is 22.3 Å². The van der Waals surface area contributed by atoms with E-state index in [4.69, 9.17) is 14.4 Å². The van der Waals surface area contributed by atoms with Gasteiger partial charge in [0.05, 0.1) is 0 Å². The van der Waals surface area contributed by atoms with E-state index in [0.29, 0.717) is 5.84 Å². The molecule has 0 spiro atoms. The highest BCUT2D eigenvalue weighted by atomic mass is 16.3. The van der Waals surface area contributed by atoms with Gasteiger partial charge in [0.2, 0.25) is 0 Å². The van der Waals surface area contributed by atoms with Gasteiger partial charge in [0.15, 0.2) is 5.84 Å². The normalized spacial score (nSPS) is 14.5. The second-order valence-electron chi connectivity index (χ2n) is 13.0. The van der Waals surface area contributed by atoms with Crippen LogP contribution in [0.5, 0.6) is 0 Å². The molecule has 0 saturated heterocycles. The minimum Gasteiger partial charge on any atom is -0.456 e. The molecule has 51 heavy (non-hydrogen) atoms. The molecule has 0 radical (unpaired) electrons. The molecule has 1 aliphatic heterocycles. The molecule has 0 aliphatic carbocycles. The Labute approximate surface area is 295 Å². The summed E-state index contributed by atoms with van der Waals surface area (Å²) in [7, 11) is 0. The van der Waals surface area contributed by atoms with E-state index in [9.17, 15) is 0 Å². The predicted octanol–water partition coefficient (Wildman–Crippen LogP) is 11.7. The van der Waals surface area contributed by atoms with Gasteiger partial charge in [-0.05, 0) is 85.8 Å². The maximum atomic E-state index is 6.32. The molecule has 0 bridgehead atoms. The van der Waals surface area contributed by atoms with Gasteiger partial charge in [0.25, 0.3) is 0 Å². The van der Waals surface area contributed by atoms with Crippen LogP contribution in [0, 0.1) is 0 Å². The minimum absolute atomic E-state index is 0.348. The summed E-state index contributed by atoms with van der Waals surface area (Å²) in [4.78, 5) is 10.6. The second kappa shape index (κ2) is 12.0. The molecule has 0 saturated carbocycles. The van der Waals surface area contributed by atoms with Crippen molar-refractivity contribution in [1.29, 1.82) is 0 Å². The number of furan rings is 1. The van der Waals surface area contributed by atoms with Crippen molar-refractivity contribution in [2.75, 3.05) is 0 Å². The molecule has 4 heteroatoms. The molecule has 1 aromatic heterocycles. The van der Waals surface area contributed by atoms with Gasteiger partial charge < -0.3 is 9.73 Å². The van der Waals surface area contributed by atoms with Gasteiger partial charge in [-0.3, -0.25) is 0 Å². The number of nitrogens with zero attached hydrogens (tertiary/aromatic N) is 2. The third-order valence-corrected chi connectivity index (χ3v) is 9.89. The topological polar surface area (TPSA) is 49.9 Å². The number of amidine groups is 2. The maximum Gasteiger partial charge on any atom is 0.159 e. The SMILES string of the molecule is c1ccc(-c2cccc(C3N=C(c4cc(-c5cccc6oc7ccccc7c56)c5ccccc5c4)N=C(c4ccc5ccccc5c4)N3)c2)cc1. The van der Waals surface area contributed by atoms with Crippen LogP contribution >= 0.6 is 0 Å². The first kappa shape index (κ1) is 29.2. The number of hydrogen-bond acceptors (Lipinski definition) is 4. The minimum atomic E-state index is -0.348. The molecule has 1 aliphatic rings. The smallest absolute Gasteiger partial charge is 0.159 e. The lowest BCUT2D eigenvalue weighted by Gasteiger charge is -2.24. The summed E-state index contributed by atoms with van der Waals surface area (Å²) in [6, 6.07) is 61.7. The third kappa shape index (κ3) is 5.17. The summed E-state index contributed by atoms with van der Waals surface area (Å²) in [5, 5.41) is 10.6. The Bertz CT molecular complexity index is 2850. The Morgan fingerprint density at radius 2 is 1.16 bits per heavy atom. The average Bonchev–Trinajstić information content (AvgIpc) is 3.60. The first-order valence-corrected chi connectivity index (χ1v) is 17.3. The molecule has 2 heterocycles. The van der Waals surface area contributed by atoms with Gasteiger partial charge in [-0.1, -0.05) is 140 Å². The van der Waals surface area contributed by atoms with Crippen molar-refractivity contribution in [3.63, 3.8) is 0 Å². The first-order valence-electron chi connectivity index (χ1n) is 17.3. The van der Waals surface area contributed by atoms with Crippen LogP contribution in [0.25, 0.3) is 65.7 Å². The van der Waals surface area contributed by atoms with Crippen molar-refractivity contribution in [2.45, 2.75) is 6.17 Å². The summed E-state index contributed by atoms with van der Waals surface area (Å²) in [5.41, 5.74) is 9.35. The van der Waals surface area contributed by atoms with E-state index in [1.807, 2.05) is 18.2 Å². The van der Waals surface area contributed by atoms with Crippen LogP contribution in [-0.2, 0) is 0 Å². The van der Waals surface area contributed by atoms with Crippen molar-refractivity contribution in [2.24, 2.45) is 9.98 Å². The summed E-state index contributed by atoms with van der Waals surface area (Å²) in [6.45, 7) is 0. The van der Waals surface area contributed by atoms with E-state index in [0.717, 1.165) is 66.5 Å². The molecule has 1 N–H and O–H groups in total. The fourth-order valence-corrected chi connectivity index (χ4v) is 7.41. The summed E-state index contributed by atoms with van der Waals surface area (Å²) < 4.78 is 6.32. The summed E-state index contributed by atoms with van der Waals surface area (Å²) in [6.07, 6.45) is -0.348. The lowest BCUT2D eigenvalue weighted by molar-refractivity contribution is 0.669. The van der Waals surface area contributed by atoms with Crippen LogP contribution in [-0.4, -0.2) is 11.7 Å². The Balaban J connectivity index is 1.18. The fourth-order valence-electron chi connectivity index (χ4n) is 7.41. The highest BCUT2D eigenvalue weighted by Crippen LogP contribution is 2.40. The van der Waals surface area contributed by atoms with E-state index >= 15 is 0 Å². The number of aliphatic imine (C=N–C) groups is 2. The van der Waals surface area contributed by atoms with Crippen LogP contribution in [0.15, 0.2) is 190 Å². The molecule has 10 rings (SSSR count). The third-order valence-electron chi connectivity index (χ3n) is 9.89. The maximum absolute atomic E-state index is 6.32. The van der Waals surface area contributed by atoms with E-state index in [1.54, 1.807) is 0 Å². The standard InChI is InChI=1S/C47H31N3O/c1-2-12-30(13-3-1)33-17-10-18-35(26-33)45-48-46(36-25-24-31-14-4-5-15-32(31)27-36)50-47(49-45)37-28-34-16-6-7-19-38(34)41(29-37)39-21-11-23-43-44(39)40-20-8-9-22-42(40)51-43/h1-29,45H,(H,48,49,50). The Morgan fingerprint density at radius 3 is 2.06 bits per heavy atom. The Morgan fingerprint density at radius 1 is 0.451 bits per heavy atom. The first-order chi connectivity index (χ1) is 25.2. The largest absolute Gasteiger partial charge is 0.456 e. The molecule has 1 unspecified atom stereocenters. The molecule has 240 valence electrons. The molecule has 1 atom stereocenters. The zero-order valence-electron chi connectivity index (χ0n) is 27.6. The van der Waals surface area contributed by atoms with Gasteiger partial charge in [0, 0.05) is 21.9 Å². The van der Waals surface area contributed by atoms with Gasteiger partial charge in [-0.25, -0.2) is 9.98 Å². The van der Waals surface area contributed by atoms with Crippen LogP contribution in [0.4, 0.5) is 0 Å². The van der Waals surface area contributed by atoms with Crippen LogP contribution < -0.4 is 5.32 Å². The number of rotatable bonds is 5. The molecule has 9 aromatic rings. The van der Waals surface area contributed by atoms with Crippen molar-refractivity contribution in [3.05, 3.63) is 193 Å². The fraction of sp³-hybridized carbons (Fsp3) is 0.0213. The molecule has 0 fully saturated rings. The number of hydrogen-bond donors (Lipinski definition) is 1. The number of benzene rings is 8. The second-order valence-corrected chi connectivity index (χ2v) is 13.0. The number of para-hydroxylation sites is 1. The van der Waals surface area contributed by atoms with Gasteiger partial charge in [0.1, 0.15) is 23.2 Å². The lowest BCUT2D eigenvalue weighted by Crippen LogP contribution is -2.33. The molecule has 4 nitrogen and oxygen atoms in total. The monoisotopic (exact) mass is 653 g/mol. The van der Waals surface area contributed by atoms with Gasteiger partial charge in [-0.15, -0.1) is 0 Å². The highest BCUT2D eigenvalue weighted by molar-refractivity contribution is 6.18. The van der Waals surface area contributed by atoms with E-state index in [1.165, 1.54) is 21.7 Å². The summed E-state index contributed by atoms with van der Waals surface area (Å²) in [5.74, 6) is 1.47. The molecule has 8 aromatic carbocycles. The predicted molar refractivity (Wildman–Crippen MR) is 211 cm³/mol. The molecular formula is C47H31N3O. The average molecular weight is 654 g/mol. The zero-order chi connectivity index (χ0) is 33.7. The van der Waals surface area contributed by atoms with Crippen LogP contribution in [0.1, 0.15) is 22.9 Å². The van der Waals surface area contributed by atoms with E-state index < -0.39 is 0 Å².